The summed E-state index contributed by atoms with van der Waals surface area (Å²) >= 11 is 0. The Morgan fingerprint density at radius 2 is 2.00 bits per heavy atom. The van der Waals surface area contributed by atoms with Gasteiger partial charge in [0.05, 0.1) is 0 Å². The van der Waals surface area contributed by atoms with E-state index in [1.165, 1.54) is 12.8 Å². The van der Waals surface area contributed by atoms with E-state index < -0.39 is 12.6 Å². The lowest BCUT2D eigenvalue weighted by atomic mass is 9.97. The molecule has 1 fully saturated rings. The van der Waals surface area contributed by atoms with Gasteiger partial charge in [-0.15, -0.1) is 0 Å². The molecule has 0 aromatic heterocycles. The lowest BCUT2D eigenvalue weighted by molar-refractivity contribution is -0.137. The second-order valence-electron chi connectivity index (χ2n) is 4.15. The second-order valence-corrected chi connectivity index (χ2v) is 4.15. The summed E-state index contributed by atoms with van der Waals surface area (Å²) in [7, 11) is 0. The lowest BCUT2D eigenvalue weighted by Gasteiger charge is -2.14. The molecule has 1 aromatic rings. The third-order valence-electron chi connectivity index (χ3n) is 3.07. The van der Waals surface area contributed by atoms with E-state index in [0.717, 1.165) is 18.4 Å². The van der Waals surface area contributed by atoms with Crippen molar-refractivity contribution < 1.29 is 14.6 Å². The number of para-hydroxylation sites is 1. The van der Waals surface area contributed by atoms with Crippen LogP contribution in [-0.4, -0.2) is 17.7 Å². The summed E-state index contributed by atoms with van der Waals surface area (Å²) in [5, 5.41) is 8.68. The van der Waals surface area contributed by atoms with E-state index in [0.29, 0.717) is 11.7 Å². The molecule has 3 heteroatoms. The summed E-state index contributed by atoms with van der Waals surface area (Å²) in [4.78, 5) is 11.1. The minimum absolute atomic E-state index is 0.502. The van der Waals surface area contributed by atoms with Gasteiger partial charge in [-0.05, 0) is 30.4 Å². The Hall–Kier alpha value is -1.35. The zero-order valence-electron chi connectivity index (χ0n) is 9.19. The van der Waals surface area contributed by atoms with Crippen molar-refractivity contribution in [1.82, 2.24) is 0 Å². The number of rotatable bonds is 3. The van der Waals surface area contributed by atoms with Gasteiger partial charge in [0.1, 0.15) is 12.4 Å². The van der Waals surface area contributed by atoms with Crippen LogP contribution in [0.4, 0.5) is 0 Å². The Morgan fingerprint density at radius 3 is 2.69 bits per heavy atom. The molecule has 0 radical (unpaired) electrons. The van der Waals surface area contributed by atoms with E-state index in [2.05, 4.69) is 0 Å². The smallest absolute Gasteiger partial charge is 0.337 e. The van der Waals surface area contributed by atoms with Gasteiger partial charge >= 0.3 is 5.97 Å². The molecule has 0 saturated heterocycles. The van der Waals surface area contributed by atoms with Gasteiger partial charge in [-0.25, -0.2) is 4.79 Å². The van der Waals surface area contributed by atoms with Gasteiger partial charge in [0.2, 0.25) is 0 Å². The summed E-state index contributed by atoms with van der Waals surface area (Å²) in [5.41, 5.74) is 1.10. The average Bonchev–Trinajstić information content (AvgIpc) is 2.83. The van der Waals surface area contributed by atoms with Crippen LogP contribution in [0.2, 0.25) is 0 Å². The van der Waals surface area contributed by atoms with Gasteiger partial charge < -0.3 is 9.84 Å². The normalized spacial score (nSPS) is 16.3. The van der Waals surface area contributed by atoms with Crippen LogP contribution >= 0.6 is 0 Å². The molecule has 86 valence electrons. The molecular formula is C13H16O3. The maximum Gasteiger partial charge on any atom is 0.337 e. The molecule has 0 amide bonds. The summed E-state index contributed by atoms with van der Waals surface area (Å²) in [6, 6.07) is 7.61. The number of aliphatic hydroxyl groups is 1. The van der Waals surface area contributed by atoms with E-state index >= 15 is 0 Å². The number of benzene rings is 1. The molecule has 1 aromatic carbocycles. The fourth-order valence-corrected chi connectivity index (χ4v) is 2.30. The first kappa shape index (κ1) is 11.1. The summed E-state index contributed by atoms with van der Waals surface area (Å²) < 4.78 is 5.12. The van der Waals surface area contributed by atoms with Gasteiger partial charge in [0, 0.05) is 0 Å². The van der Waals surface area contributed by atoms with Gasteiger partial charge in [0.25, 0.3) is 0 Å². The van der Waals surface area contributed by atoms with Crippen LogP contribution in [0.1, 0.15) is 37.2 Å². The minimum Gasteiger partial charge on any atom is -0.425 e. The van der Waals surface area contributed by atoms with Crippen LogP contribution in [-0.2, 0) is 4.79 Å². The first-order valence-corrected chi connectivity index (χ1v) is 5.71. The highest BCUT2D eigenvalue weighted by molar-refractivity contribution is 5.73. The van der Waals surface area contributed by atoms with E-state index in [1.807, 2.05) is 18.2 Å². The molecule has 0 spiro atoms. The molecule has 0 unspecified atom stereocenters. The highest BCUT2D eigenvalue weighted by Crippen LogP contribution is 2.38. The Balaban J connectivity index is 2.19. The lowest BCUT2D eigenvalue weighted by Crippen LogP contribution is -2.13. The van der Waals surface area contributed by atoms with E-state index in [9.17, 15) is 4.79 Å². The Labute approximate surface area is 95.0 Å². The molecule has 0 aliphatic heterocycles. The number of ether oxygens (including phenoxy) is 1. The fraction of sp³-hybridized carbons (Fsp3) is 0.462. The molecule has 0 heterocycles. The van der Waals surface area contributed by atoms with E-state index in [1.54, 1.807) is 6.07 Å². The maximum atomic E-state index is 11.1. The van der Waals surface area contributed by atoms with Gasteiger partial charge in [-0.3, -0.25) is 0 Å². The maximum absolute atomic E-state index is 11.1. The zero-order chi connectivity index (χ0) is 11.4. The minimum atomic E-state index is -0.592. The summed E-state index contributed by atoms with van der Waals surface area (Å²) in [6.07, 6.45) is 4.81. The summed E-state index contributed by atoms with van der Waals surface area (Å²) in [5.74, 6) is 0.515. The van der Waals surface area contributed by atoms with E-state index in [-0.39, 0.29) is 0 Å². The second kappa shape index (κ2) is 5.12. The highest BCUT2D eigenvalue weighted by atomic mass is 16.5. The number of hydrogen-bond acceptors (Lipinski definition) is 3. The number of aliphatic hydroxyl groups excluding tert-OH is 1. The van der Waals surface area contributed by atoms with Crippen molar-refractivity contribution in [3.05, 3.63) is 29.8 Å². The average molecular weight is 220 g/mol. The molecule has 16 heavy (non-hydrogen) atoms. The predicted octanol–water partition coefficient (Wildman–Crippen LogP) is 2.24. The molecule has 1 saturated carbocycles. The zero-order valence-corrected chi connectivity index (χ0v) is 9.19. The quantitative estimate of drug-likeness (QED) is 0.627. The van der Waals surface area contributed by atoms with E-state index in [4.69, 9.17) is 9.84 Å². The number of hydrogen-bond donors (Lipinski definition) is 1. The molecule has 3 nitrogen and oxygen atoms in total. The third-order valence-corrected chi connectivity index (χ3v) is 3.07. The van der Waals surface area contributed by atoms with Gasteiger partial charge in [-0.1, -0.05) is 31.0 Å². The molecular weight excluding hydrogens is 204 g/mol. The first-order valence-electron chi connectivity index (χ1n) is 5.71. The fourth-order valence-electron chi connectivity index (χ4n) is 2.30. The van der Waals surface area contributed by atoms with Crippen molar-refractivity contribution in [2.24, 2.45) is 0 Å². The Bertz CT molecular complexity index is 367. The monoisotopic (exact) mass is 220 g/mol. The van der Waals surface area contributed by atoms with Gasteiger partial charge in [0.15, 0.2) is 0 Å². The van der Waals surface area contributed by atoms with Crippen molar-refractivity contribution in [2.45, 2.75) is 31.6 Å². The first-order chi connectivity index (χ1) is 7.81. The number of esters is 1. The van der Waals surface area contributed by atoms with Crippen molar-refractivity contribution in [3.63, 3.8) is 0 Å². The Morgan fingerprint density at radius 1 is 1.31 bits per heavy atom. The van der Waals surface area contributed by atoms with Crippen LogP contribution in [0.3, 0.4) is 0 Å². The van der Waals surface area contributed by atoms with Crippen molar-refractivity contribution in [3.8, 4) is 5.75 Å². The Kier molecular flexibility index (Phi) is 3.57. The molecule has 1 aliphatic carbocycles. The van der Waals surface area contributed by atoms with Crippen molar-refractivity contribution in [1.29, 1.82) is 0 Å². The highest BCUT2D eigenvalue weighted by Gasteiger charge is 2.21. The SMILES string of the molecule is O=C(CO)Oc1ccccc1C1CCCC1. The van der Waals surface area contributed by atoms with Gasteiger partial charge in [-0.2, -0.15) is 0 Å². The number of carbonyl (C=O) groups excluding carboxylic acids is 1. The topological polar surface area (TPSA) is 46.5 Å². The van der Waals surface area contributed by atoms with Crippen molar-refractivity contribution >= 4 is 5.97 Å². The molecule has 0 bridgehead atoms. The van der Waals surface area contributed by atoms with Crippen LogP contribution in [0.25, 0.3) is 0 Å². The van der Waals surface area contributed by atoms with Crippen molar-refractivity contribution in [2.75, 3.05) is 6.61 Å². The number of carbonyl (C=O) groups is 1. The van der Waals surface area contributed by atoms with Crippen LogP contribution in [0.15, 0.2) is 24.3 Å². The molecule has 0 atom stereocenters. The predicted molar refractivity (Wildman–Crippen MR) is 60.4 cm³/mol. The summed E-state index contributed by atoms with van der Waals surface area (Å²) in [6.45, 7) is -0.570. The molecule has 1 N–H and O–H groups in total. The van der Waals surface area contributed by atoms with Crippen LogP contribution in [0, 0.1) is 0 Å². The third kappa shape index (κ3) is 2.42. The largest absolute Gasteiger partial charge is 0.425 e. The molecule has 2 rings (SSSR count). The van der Waals surface area contributed by atoms with Crippen LogP contribution in [0.5, 0.6) is 5.75 Å². The standard InChI is InChI=1S/C13H16O3/c14-9-13(15)16-12-8-4-3-7-11(12)10-5-1-2-6-10/h3-4,7-8,10,14H,1-2,5-6,9H2. The van der Waals surface area contributed by atoms with Crippen LogP contribution < -0.4 is 4.74 Å². The molecule has 1 aliphatic rings.